The summed E-state index contributed by atoms with van der Waals surface area (Å²) in [6.45, 7) is 6.20. The SMILES string of the molecule is COCCNCC(C)=Cc1ccc(F)c(C)c1. The van der Waals surface area contributed by atoms with Gasteiger partial charge in [0.2, 0.25) is 0 Å². The van der Waals surface area contributed by atoms with Crippen molar-refractivity contribution in [3.8, 4) is 0 Å². The zero-order valence-electron chi connectivity index (χ0n) is 10.7. The van der Waals surface area contributed by atoms with Crippen LogP contribution in [0.2, 0.25) is 0 Å². The lowest BCUT2D eigenvalue weighted by Crippen LogP contribution is -2.20. The second kappa shape index (κ2) is 7.20. The average Bonchev–Trinajstić information content (AvgIpc) is 2.30. The van der Waals surface area contributed by atoms with Gasteiger partial charge >= 0.3 is 0 Å². The summed E-state index contributed by atoms with van der Waals surface area (Å²) in [7, 11) is 1.69. The number of benzene rings is 1. The number of halogens is 1. The van der Waals surface area contributed by atoms with Gasteiger partial charge in [-0.3, -0.25) is 0 Å². The number of ether oxygens (including phenoxy) is 1. The first-order chi connectivity index (χ1) is 8.13. The fraction of sp³-hybridized carbons (Fsp3) is 0.429. The molecule has 0 bridgehead atoms. The molecule has 1 rings (SSSR count). The van der Waals surface area contributed by atoms with Crippen molar-refractivity contribution in [1.82, 2.24) is 5.32 Å². The van der Waals surface area contributed by atoms with E-state index in [1.165, 1.54) is 11.6 Å². The summed E-state index contributed by atoms with van der Waals surface area (Å²) in [6.07, 6.45) is 2.06. The summed E-state index contributed by atoms with van der Waals surface area (Å²) in [6, 6.07) is 5.15. The molecule has 0 radical (unpaired) electrons. The monoisotopic (exact) mass is 237 g/mol. The van der Waals surface area contributed by atoms with Gasteiger partial charge in [-0.05, 0) is 37.1 Å². The Labute approximate surface area is 102 Å². The number of aryl methyl sites for hydroxylation is 1. The highest BCUT2D eigenvalue weighted by molar-refractivity contribution is 5.53. The van der Waals surface area contributed by atoms with E-state index in [1.54, 1.807) is 20.1 Å². The van der Waals surface area contributed by atoms with Crippen LogP contribution < -0.4 is 5.32 Å². The first-order valence-corrected chi connectivity index (χ1v) is 5.76. The van der Waals surface area contributed by atoms with Gasteiger partial charge in [0, 0.05) is 20.2 Å². The summed E-state index contributed by atoms with van der Waals surface area (Å²) in [5.74, 6) is -0.155. The molecule has 1 aromatic rings. The molecule has 2 nitrogen and oxygen atoms in total. The Morgan fingerprint density at radius 3 is 2.88 bits per heavy atom. The molecular weight excluding hydrogens is 217 g/mol. The van der Waals surface area contributed by atoms with Crippen molar-refractivity contribution in [3.05, 3.63) is 40.7 Å². The lowest BCUT2D eigenvalue weighted by molar-refractivity contribution is 0.200. The molecule has 1 N–H and O–H groups in total. The van der Waals surface area contributed by atoms with Crippen LogP contribution in [-0.2, 0) is 4.74 Å². The maximum Gasteiger partial charge on any atom is 0.126 e. The number of nitrogens with one attached hydrogen (secondary N) is 1. The van der Waals surface area contributed by atoms with Gasteiger partial charge in [-0.2, -0.15) is 0 Å². The summed E-state index contributed by atoms with van der Waals surface area (Å²) in [5.41, 5.74) is 2.93. The van der Waals surface area contributed by atoms with Crippen molar-refractivity contribution in [2.24, 2.45) is 0 Å². The highest BCUT2D eigenvalue weighted by Crippen LogP contribution is 2.12. The molecule has 0 unspecified atom stereocenters. The van der Waals surface area contributed by atoms with Crippen LogP contribution >= 0.6 is 0 Å². The molecule has 3 heteroatoms. The van der Waals surface area contributed by atoms with Crippen LogP contribution in [0.1, 0.15) is 18.1 Å². The molecule has 0 saturated heterocycles. The minimum absolute atomic E-state index is 0.155. The standard InChI is InChI=1S/C14H20FNO/c1-11(10-16-6-7-17-3)8-13-4-5-14(15)12(2)9-13/h4-5,8-9,16H,6-7,10H2,1-3H3. The van der Waals surface area contributed by atoms with Crippen LogP contribution in [0.4, 0.5) is 4.39 Å². The predicted molar refractivity (Wildman–Crippen MR) is 69.5 cm³/mol. The smallest absolute Gasteiger partial charge is 0.126 e. The Hall–Kier alpha value is -1.19. The first-order valence-electron chi connectivity index (χ1n) is 5.76. The van der Waals surface area contributed by atoms with Crippen LogP contribution in [0.25, 0.3) is 6.08 Å². The van der Waals surface area contributed by atoms with Crippen LogP contribution in [-0.4, -0.2) is 26.8 Å². The van der Waals surface area contributed by atoms with E-state index in [0.29, 0.717) is 12.2 Å². The molecule has 94 valence electrons. The second-order valence-corrected chi connectivity index (χ2v) is 4.17. The van der Waals surface area contributed by atoms with E-state index in [-0.39, 0.29) is 5.82 Å². The fourth-order valence-corrected chi connectivity index (χ4v) is 1.55. The maximum absolute atomic E-state index is 13.1. The first kappa shape index (κ1) is 13.9. The van der Waals surface area contributed by atoms with Gasteiger partial charge in [-0.25, -0.2) is 4.39 Å². The molecule has 17 heavy (non-hydrogen) atoms. The lowest BCUT2D eigenvalue weighted by Gasteiger charge is -2.05. The van der Waals surface area contributed by atoms with E-state index in [9.17, 15) is 4.39 Å². The molecule has 0 aliphatic carbocycles. The Bertz CT molecular complexity index is 388. The topological polar surface area (TPSA) is 21.3 Å². The van der Waals surface area contributed by atoms with E-state index < -0.39 is 0 Å². The largest absolute Gasteiger partial charge is 0.383 e. The van der Waals surface area contributed by atoms with E-state index >= 15 is 0 Å². The molecule has 0 amide bonds. The number of rotatable bonds is 6. The van der Waals surface area contributed by atoms with Crippen LogP contribution in [0.3, 0.4) is 0 Å². The normalized spacial score (nSPS) is 11.9. The number of methoxy groups -OCH3 is 1. The average molecular weight is 237 g/mol. The van der Waals surface area contributed by atoms with Crippen LogP contribution in [0.15, 0.2) is 23.8 Å². The molecule has 0 heterocycles. The summed E-state index contributed by atoms with van der Waals surface area (Å²) >= 11 is 0. The van der Waals surface area contributed by atoms with E-state index in [4.69, 9.17) is 4.74 Å². The Kier molecular flexibility index (Phi) is 5.87. The summed E-state index contributed by atoms with van der Waals surface area (Å²) in [5, 5.41) is 3.26. The zero-order chi connectivity index (χ0) is 12.7. The van der Waals surface area contributed by atoms with Crippen molar-refractivity contribution in [2.75, 3.05) is 26.8 Å². The Balaban J connectivity index is 2.52. The lowest BCUT2D eigenvalue weighted by atomic mass is 10.1. The molecule has 0 saturated carbocycles. The van der Waals surface area contributed by atoms with Crippen molar-refractivity contribution in [3.63, 3.8) is 0 Å². The maximum atomic E-state index is 13.1. The van der Waals surface area contributed by atoms with E-state index in [0.717, 1.165) is 18.7 Å². The minimum atomic E-state index is -0.155. The van der Waals surface area contributed by atoms with Crippen LogP contribution in [0.5, 0.6) is 0 Å². The third kappa shape index (κ3) is 5.11. The third-order valence-electron chi connectivity index (χ3n) is 2.48. The quantitative estimate of drug-likeness (QED) is 0.768. The van der Waals surface area contributed by atoms with Crippen molar-refractivity contribution >= 4 is 6.08 Å². The third-order valence-corrected chi connectivity index (χ3v) is 2.48. The second-order valence-electron chi connectivity index (χ2n) is 4.17. The summed E-state index contributed by atoms with van der Waals surface area (Å²) < 4.78 is 18.0. The van der Waals surface area contributed by atoms with Gasteiger partial charge in [-0.1, -0.05) is 17.7 Å². The van der Waals surface area contributed by atoms with Crippen LogP contribution in [0, 0.1) is 12.7 Å². The molecule has 1 aromatic carbocycles. The van der Waals surface area contributed by atoms with Gasteiger partial charge < -0.3 is 10.1 Å². The van der Waals surface area contributed by atoms with Gasteiger partial charge in [0.25, 0.3) is 0 Å². The molecule has 0 atom stereocenters. The van der Waals surface area contributed by atoms with Gasteiger partial charge in [0.15, 0.2) is 0 Å². The molecule has 0 fully saturated rings. The van der Waals surface area contributed by atoms with Crippen molar-refractivity contribution in [2.45, 2.75) is 13.8 Å². The zero-order valence-corrected chi connectivity index (χ0v) is 10.7. The fourth-order valence-electron chi connectivity index (χ4n) is 1.55. The Morgan fingerprint density at radius 2 is 2.24 bits per heavy atom. The predicted octanol–water partition coefficient (Wildman–Crippen LogP) is 2.77. The van der Waals surface area contributed by atoms with E-state index in [2.05, 4.69) is 18.3 Å². The van der Waals surface area contributed by atoms with Crippen molar-refractivity contribution in [1.29, 1.82) is 0 Å². The summed E-state index contributed by atoms with van der Waals surface area (Å²) in [4.78, 5) is 0. The molecule has 0 spiro atoms. The Morgan fingerprint density at radius 1 is 1.47 bits per heavy atom. The van der Waals surface area contributed by atoms with E-state index in [1.807, 2.05) is 6.07 Å². The minimum Gasteiger partial charge on any atom is -0.383 e. The molecule has 0 aliphatic rings. The molecular formula is C14H20FNO. The van der Waals surface area contributed by atoms with Gasteiger partial charge in [0.1, 0.15) is 5.82 Å². The number of hydrogen-bond donors (Lipinski definition) is 1. The highest BCUT2D eigenvalue weighted by atomic mass is 19.1. The molecule has 0 aliphatic heterocycles. The number of hydrogen-bond acceptors (Lipinski definition) is 2. The van der Waals surface area contributed by atoms with Crippen molar-refractivity contribution < 1.29 is 9.13 Å². The van der Waals surface area contributed by atoms with Gasteiger partial charge in [-0.15, -0.1) is 0 Å². The van der Waals surface area contributed by atoms with Gasteiger partial charge in [0.05, 0.1) is 6.61 Å². The molecule has 0 aromatic heterocycles. The highest BCUT2D eigenvalue weighted by Gasteiger charge is 1.97.